The van der Waals surface area contributed by atoms with Gasteiger partial charge < -0.3 is 11.1 Å². The van der Waals surface area contributed by atoms with Gasteiger partial charge in [-0.2, -0.15) is 0 Å². The van der Waals surface area contributed by atoms with Gasteiger partial charge in [0.25, 0.3) is 0 Å². The highest BCUT2D eigenvalue weighted by Crippen LogP contribution is 2.53. The number of hydrogen-bond acceptors (Lipinski definition) is 2. The van der Waals surface area contributed by atoms with Crippen LogP contribution in [0.1, 0.15) is 16.8 Å². The van der Waals surface area contributed by atoms with Gasteiger partial charge in [0.2, 0.25) is 11.8 Å². The third-order valence-electron chi connectivity index (χ3n) is 2.56. The highest BCUT2D eigenvalue weighted by Gasteiger charge is 2.56. The zero-order valence-electron chi connectivity index (χ0n) is 8.74. The summed E-state index contributed by atoms with van der Waals surface area (Å²) in [6.07, 6.45) is 0.442. The number of primary amides is 1. The van der Waals surface area contributed by atoms with Gasteiger partial charge in [0.1, 0.15) is 4.33 Å². The number of anilines is 1. The number of amides is 2. The summed E-state index contributed by atoms with van der Waals surface area (Å²) in [5.74, 6) is -1.20. The number of alkyl halides is 2. The van der Waals surface area contributed by atoms with Crippen molar-refractivity contribution < 1.29 is 9.59 Å². The largest absolute Gasteiger partial charge is 0.366 e. The molecule has 1 aromatic carbocycles. The highest BCUT2D eigenvalue weighted by atomic mass is 35.5. The van der Waals surface area contributed by atoms with Crippen molar-refractivity contribution in [3.05, 3.63) is 29.8 Å². The molecule has 0 bridgehead atoms. The van der Waals surface area contributed by atoms with E-state index in [0.717, 1.165) is 0 Å². The van der Waals surface area contributed by atoms with E-state index in [4.69, 9.17) is 28.9 Å². The van der Waals surface area contributed by atoms with E-state index in [-0.39, 0.29) is 5.91 Å². The minimum absolute atomic E-state index is 0.253. The van der Waals surface area contributed by atoms with Crippen LogP contribution < -0.4 is 11.1 Å². The van der Waals surface area contributed by atoms with Crippen molar-refractivity contribution in [2.75, 3.05) is 5.32 Å². The second-order valence-electron chi connectivity index (χ2n) is 3.95. The first-order valence-electron chi connectivity index (χ1n) is 4.99. The molecule has 1 fully saturated rings. The molecule has 0 aliphatic heterocycles. The fourth-order valence-electron chi connectivity index (χ4n) is 1.48. The van der Waals surface area contributed by atoms with Crippen LogP contribution in [-0.2, 0) is 4.79 Å². The topological polar surface area (TPSA) is 72.2 Å². The predicted molar refractivity (Wildman–Crippen MR) is 66.1 cm³/mol. The Balaban J connectivity index is 2.07. The summed E-state index contributed by atoms with van der Waals surface area (Å²) >= 11 is 11.6. The first-order valence-corrected chi connectivity index (χ1v) is 5.74. The molecule has 3 N–H and O–H groups in total. The van der Waals surface area contributed by atoms with Gasteiger partial charge in [-0.15, -0.1) is 23.2 Å². The number of rotatable bonds is 3. The monoisotopic (exact) mass is 272 g/mol. The standard InChI is InChI=1S/C11H10Cl2N2O2/c12-11(13)5-8(11)10(17)15-7-3-1-2-6(4-7)9(14)16/h1-4,8H,5H2,(H2,14,16)(H,15,17). The molecular formula is C11H10Cl2N2O2. The minimum atomic E-state index is -0.953. The first kappa shape index (κ1) is 12.2. The molecule has 1 aliphatic carbocycles. The smallest absolute Gasteiger partial charge is 0.248 e. The highest BCUT2D eigenvalue weighted by molar-refractivity contribution is 6.52. The van der Waals surface area contributed by atoms with Gasteiger partial charge in [-0.05, 0) is 24.6 Å². The number of benzene rings is 1. The molecule has 1 unspecified atom stereocenters. The van der Waals surface area contributed by atoms with E-state index in [1.54, 1.807) is 18.2 Å². The van der Waals surface area contributed by atoms with Crippen LogP contribution in [-0.4, -0.2) is 16.1 Å². The average molecular weight is 273 g/mol. The first-order chi connectivity index (χ1) is 7.90. The van der Waals surface area contributed by atoms with Crippen LogP contribution in [0, 0.1) is 5.92 Å². The van der Waals surface area contributed by atoms with Gasteiger partial charge in [-0.25, -0.2) is 0 Å². The molecular weight excluding hydrogens is 263 g/mol. The molecule has 0 aromatic heterocycles. The summed E-state index contributed by atoms with van der Waals surface area (Å²) in [4.78, 5) is 22.6. The molecule has 1 saturated carbocycles. The molecule has 4 nitrogen and oxygen atoms in total. The van der Waals surface area contributed by atoms with Gasteiger partial charge in [0.15, 0.2) is 0 Å². The normalized spacial score (nSPS) is 20.7. The quantitative estimate of drug-likeness (QED) is 0.826. The fourth-order valence-corrected chi connectivity index (χ4v) is 1.98. The lowest BCUT2D eigenvalue weighted by Crippen LogP contribution is -2.17. The molecule has 0 spiro atoms. The number of nitrogens with one attached hydrogen (secondary N) is 1. The number of carbonyl (C=O) groups excluding carboxylic acids is 2. The fraction of sp³-hybridized carbons (Fsp3) is 0.273. The van der Waals surface area contributed by atoms with Crippen LogP contribution in [0.2, 0.25) is 0 Å². The molecule has 2 rings (SSSR count). The average Bonchev–Trinajstić information content (AvgIpc) is 2.88. The van der Waals surface area contributed by atoms with Crippen LogP contribution in [0.3, 0.4) is 0 Å². The van der Waals surface area contributed by atoms with Gasteiger partial charge in [-0.1, -0.05) is 6.07 Å². The van der Waals surface area contributed by atoms with E-state index in [2.05, 4.69) is 5.32 Å². The van der Waals surface area contributed by atoms with Crippen LogP contribution >= 0.6 is 23.2 Å². The van der Waals surface area contributed by atoms with Crippen LogP contribution in [0.5, 0.6) is 0 Å². The lowest BCUT2D eigenvalue weighted by atomic mass is 10.2. The number of carbonyl (C=O) groups is 2. The SMILES string of the molecule is NC(=O)c1cccc(NC(=O)C2CC2(Cl)Cl)c1. The van der Waals surface area contributed by atoms with E-state index in [9.17, 15) is 9.59 Å². The summed E-state index contributed by atoms with van der Waals surface area (Å²) in [7, 11) is 0. The third kappa shape index (κ3) is 2.70. The van der Waals surface area contributed by atoms with Crippen LogP contribution in [0.4, 0.5) is 5.69 Å². The molecule has 1 atom stereocenters. The second-order valence-corrected chi connectivity index (χ2v) is 5.49. The summed E-state index contributed by atoms with van der Waals surface area (Å²) in [6, 6.07) is 6.38. The summed E-state index contributed by atoms with van der Waals surface area (Å²) in [5.41, 5.74) is 5.97. The van der Waals surface area contributed by atoms with E-state index >= 15 is 0 Å². The van der Waals surface area contributed by atoms with E-state index in [1.165, 1.54) is 6.07 Å². The minimum Gasteiger partial charge on any atom is -0.366 e. The van der Waals surface area contributed by atoms with Crippen molar-refractivity contribution in [1.29, 1.82) is 0 Å². The molecule has 1 aromatic rings. The van der Waals surface area contributed by atoms with Gasteiger partial charge >= 0.3 is 0 Å². The maximum Gasteiger partial charge on any atom is 0.248 e. The van der Waals surface area contributed by atoms with Crippen LogP contribution in [0.25, 0.3) is 0 Å². The number of nitrogens with two attached hydrogens (primary N) is 1. The van der Waals surface area contributed by atoms with Gasteiger partial charge in [0.05, 0.1) is 5.92 Å². The van der Waals surface area contributed by atoms with Crippen molar-refractivity contribution >= 4 is 40.7 Å². The second kappa shape index (κ2) is 4.20. The van der Waals surface area contributed by atoms with Crippen molar-refractivity contribution in [2.24, 2.45) is 11.7 Å². The Kier molecular flexibility index (Phi) is 3.02. The van der Waals surface area contributed by atoms with Crippen molar-refractivity contribution in [3.63, 3.8) is 0 Å². The third-order valence-corrected chi connectivity index (χ3v) is 3.39. The van der Waals surface area contributed by atoms with Gasteiger partial charge in [0, 0.05) is 11.3 Å². The zero-order chi connectivity index (χ0) is 12.6. The lowest BCUT2D eigenvalue weighted by Gasteiger charge is -2.06. The Morgan fingerprint density at radius 2 is 2.06 bits per heavy atom. The van der Waals surface area contributed by atoms with E-state index < -0.39 is 16.2 Å². The van der Waals surface area contributed by atoms with E-state index in [0.29, 0.717) is 17.7 Å². The lowest BCUT2D eigenvalue weighted by molar-refractivity contribution is -0.117. The summed E-state index contributed by atoms with van der Waals surface area (Å²) in [5, 5.41) is 2.64. The Bertz CT molecular complexity index is 488. The Labute approximate surface area is 108 Å². The van der Waals surface area contributed by atoms with Crippen molar-refractivity contribution in [3.8, 4) is 0 Å². The number of hydrogen-bond donors (Lipinski definition) is 2. The Hall–Kier alpha value is -1.26. The maximum atomic E-state index is 11.7. The number of halogens is 2. The molecule has 2 amide bonds. The molecule has 0 heterocycles. The Morgan fingerprint density at radius 1 is 1.41 bits per heavy atom. The Morgan fingerprint density at radius 3 is 2.59 bits per heavy atom. The summed E-state index contributed by atoms with van der Waals surface area (Å²) in [6.45, 7) is 0. The zero-order valence-corrected chi connectivity index (χ0v) is 10.3. The van der Waals surface area contributed by atoms with Crippen molar-refractivity contribution in [2.45, 2.75) is 10.8 Å². The molecule has 0 radical (unpaired) electrons. The van der Waals surface area contributed by atoms with E-state index in [1.807, 2.05) is 0 Å². The van der Waals surface area contributed by atoms with Crippen molar-refractivity contribution in [1.82, 2.24) is 0 Å². The maximum absolute atomic E-state index is 11.7. The molecule has 90 valence electrons. The molecule has 0 saturated heterocycles. The van der Waals surface area contributed by atoms with Gasteiger partial charge in [-0.3, -0.25) is 9.59 Å². The molecule has 6 heteroatoms. The summed E-state index contributed by atoms with van der Waals surface area (Å²) < 4.78 is -0.953. The molecule has 1 aliphatic rings. The predicted octanol–water partition coefficient (Wildman–Crippen LogP) is 1.92. The molecule has 17 heavy (non-hydrogen) atoms. The van der Waals surface area contributed by atoms with Crippen LogP contribution in [0.15, 0.2) is 24.3 Å².